The van der Waals surface area contributed by atoms with Crippen LogP contribution in [0.2, 0.25) is 5.02 Å². The number of hydrogen-bond donors (Lipinski definition) is 2. The predicted molar refractivity (Wildman–Crippen MR) is 76.0 cm³/mol. The number of anilines is 1. The molecule has 1 atom stereocenters. The molecule has 0 fully saturated rings. The van der Waals surface area contributed by atoms with Crippen molar-refractivity contribution in [2.24, 2.45) is 0 Å². The summed E-state index contributed by atoms with van der Waals surface area (Å²) in [7, 11) is 1.27. The minimum atomic E-state index is -0.614. The molecule has 0 unspecified atom stereocenters. The van der Waals surface area contributed by atoms with Gasteiger partial charge in [-0.1, -0.05) is 24.6 Å². The van der Waals surface area contributed by atoms with Crippen molar-refractivity contribution in [1.82, 2.24) is 5.32 Å². The Morgan fingerprint density at radius 3 is 2.70 bits per heavy atom. The van der Waals surface area contributed by atoms with Crippen molar-refractivity contribution in [1.29, 1.82) is 0 Å². The van der Waals surface area contributed by atoms with Crippen LogP contribution in [0, 0.1) is 0 Å². The normalized spacial score (nSPS) is 11.3. The number of methoxy groups -OCH3 is 1. The van der Waals surface area contributed by atoms with Crippen LogP contribution in [0.15, 0.2) is 24.3 Å². The van der Waals surface area contributed by atoms with E-state index in [1.165, 1.54) is 7.11 Å². The molecule has 2 N–H and O–H groups in total. The van der Waals surface area contributed by atoms with E-state index >= 15 is 0 Å². The highest BCUT2D eigenvalue weighted by atomic mass is 35.5. The number of benzene rings is 1. The van der Waals surface area contributed by atoms with Gasteiger partial charge in [-0.3, -0.25) is 5.32 Å². The number of nitrogens with one attached hydrogen (secondary N) is 2. The van der Waals surface area contributed by atoms with E-state index in [-0.39, 0.29) is 12.6 Å². The van der Waals surface area contributed by atoms with Crippen molar-refractivity contribution in [3.05, 3.63) is 29.3 Å². The molecule has 0 saturated heterocycles. The van der Waals surface area contributed by atoms with E-state index in [0.29, 0.717) is 17.1 Å². The van der Waals surface area contributed by atoms with Crippen molar-refractivity contribution < 1.29 is 19.1 Å². The molecule has 1 rings (SSSR count). The first kappa shape index (κ1) is 16.1. The molecule has 1 aromatic carbocycles. The Labute approximate surface area is 122 Å². The average molecular weight is 301 g/mol. The molecule has 20 heavy (non-hydrogen) atoms. The molecule has 0 spiro atoms. The summed E-state index contributed by atoms with van der Waals surface area (Å²) in [4.78, 5) is 22.6. The first-order chi connectivity index (χ1) is 9.55. The van der Waals surface area contributed by atoms with Crippen molar-refractivity contribution in [3.8, 4) is 0 Å². The summed E-state index contributed by atoms with van der Waals surface area (Å²) in [6, 6.07) is 6.41. The zero-order chi connectivity index (χ0) is 15.0. The zero-order valence-corrected chi connectivity index (χ0v) is 12.1. The molecular weight excluding hydrogens is 284 g/mol. The van der Waals surface area contributed by atoms with E-state index in [1.54, 1.807) is 24.3 Å². The highest BCUT2D eigenvalue weighted by molar-refractivity contribution is 6.30. The molecule has 0 radical (unpaired) electrons. The Morgan fingerprint density at radius 1 is 1.35 bits per heavy atom. The van der Waals surface area contributed by atoms with Gasteiger partial charge in [0, 0.05) is 10.7 Å². The van der Waals surface area contributed by atoms with Gasteiger partial charge in [0.15, 0.2) is 0 Å². The topological polar surface area (TPSA) is 76.7 Å². The van der Waals surface area contributed by atoms with Gasteiger partial charge < -0.3 is 14.8 Å². The number of ether oxygens (including phenoxy) is 2. The van der Waals surface area contributed by atoms with Crippen LogP contribution in [0.5, 0.6) is 0 Å². The molecule has 1 aromatic rings. The standard InChI is InChI=1S/C13H17ClN2O4/c1-3-10(15-12(17)19-2)8-20-13(18)16-11-6-4-5-9(14)7-11/h4-7,10H,3,8H2,1-2H3,(H,15,17)(H,16,18)/t10-/m1/s1. The average Bonchev–Trinajstić information content (AvgIpc) is 2.43. The van der Waals surface area contributed by atoms with Crippen LogP contribution < -0.4 is 10.6 Å². The molecule has 110 valence electrons. The fraction of sp³-hybridized carbons (Fsp3) is 0.385. The molecule has 0 saturated carbocycles. The van der Waals surface area contributed by atoms with Gasteiger partial charge in [-0.15, -0.1) is 0 Å². The Morgan fingerprint density at radius 2 is 2.10 bits per heavy atom. The first-order valence-electron chi connectivity index (χ1n) is 6.09. The summed E-state index contributed by atoms with van der Waals surface area (Å²) >= 11 is 5.80. The van der Waals surface area contributed by atoms with Gasteiger partial charge in [0.2, 0.25) is 0 Å². The predicted octanol–water partition coefficient (Wildman–Crippen LogP) is 3.02. The van der Waals surface area contributed by atoms with Crippen LogP contribution in [-0.2, 0) is 9.47 Å². The minimum Gasteiger partial charge on any atom is -0.453 e. The van der Waals surface area contributed by atoms with E-state index in [2.05, 4.69) is 15.4 Å². The Balaban J connectivity index is 2.40. The number of alkyl carbamates (subject to hydrolysis) is 1. The lowest BCUT2D eigenvalue weighted by atomic mass is 10.2. The van der Waals surface area contributed by atoms with Gasteiger partial charge in [-0.25, -0.2) is 9.59 Å². The number of carbonyl (C=O) groups is 2. The van der Waals surface area contributed by atoms with Crippen LogP contribution in [0.25, 0.3) is 0 Å². The summed E-state index contributed by atoms with van der Waals surface area (Å²) in [5.74, 6) is 0. The second-order valence-electron chi connectivity index (χ2n) is 3.97. The quantitative estimate of drug-likeness (QED) is 0.876. The van der Waals surface area contributed by atoms with Gasteiger partial charge in [0.1, 0.15) is 6.61 Å². The SMILES string of the molecule is CC[C@H](COC(=O)Nc1cccc(Cl)c1)NC(=O)OC. The number of halogens is 1. The molecule has 0 aromatic heterocycles. The second kappa shape index (κ2) is 8.27. The number of rotatable bonds is 5. The fourth-order valence-corrected chi connectivity index (χ4v) is 1.57. The van der Waals surface area contributed by atoms with E-state index in [0.717, 1.165) is 0 Å². The summed E-state index contributed by atoms with van der Waals surface area (Å²) in [5.41, 5.74) is 0.538. The van der Waals surface area contributed by atoms with Crippen molar-refractivity contribution in [2.75, 3.05) is 19.0 Å². The maximum Gasteiger partial charge on any atom is 0.411 e. The van der Waals surface area contributed by atoms with Crippen molar-refractivity contribution >= 4 is 29.5 Å². The maximum absolute atomic E-state index is 11.6. The third-order valence-corrected chi connectivity index (χ3v) is 2.72. The van der Waals surface area contributed by atoms with Crippen molar-refractivity contribution in [3.63, 3.8) is 0 Å². The Bertz CT molecular complexity index is 467. The van der Waals surface area contributed by atoms with Gasteiger partial charge in [0.05, 0.1) is 13.2 Å². The van der Waals surface area contributed by atoms with Gasteiger partial charge in [-0.2, -0.15) is 0 Å². The molecular formula is C13H17ClN2O4. The molecule has 0 aliphatic heterocycles. The van der Waals surface area contributed by atoms with E-state index < -0.39 is 12.2 Å². The number of hydrogen-bond acceptors (Lipinski definition) is 4. The van der Waals surface area contributed by atoms with Crippen LogP contribution in [0.4, 0.5) is 15.3 Å². The van der Waals surface area contributed by atoms with Crippen molar-refractivity contribution in [2.45, 2.75) is 19.4 Å². The van der Waals surface area contributed by atoms with E-state index in [9.17, 15) is 9.59 Å². The lowest BCUT2D eigenvalue weighted by Gasteiger charge is -2.16. The van der Waals surface area contributed by atoms with Crippen LogP contribution in [0.3, 0.4) is 0 Å². The minimum absolute atomic E-state index is 0.0536. The lowest BCUT2D eigenvalue weighted by Crippen LogP contribution is -2.38. The smallest absolute Gasteiger partial charge is 0.411 e. The molecule has 2 amide bonds. The summed E-state index contributed by atoms with van der Waals surface area (Å²) in [6.07, 6.45) is -0.562. The number of carbonyl (C=O) groups excluding carboxylic acids is 2. The molecule has 6 nitrogen and oxygen atoms in total. The summed E-state index contributed by atoms with van der Waals surface area (Å²) in [6.45, 7) is 1.91. The van der Waals surface area contributed by atoms with E-state index in [4.69, 9.17) is 16.3 Å². The third-order valence-electron chi connectivity index (χ3n) is 2.49. The lowest BCUT2D eigenvalue weighted by molar-refractivity contribution is 0.135. The second-order valence-corrected chi connectivity index (χ2v) is 4.41. The highest BCUT2D eigenvalue weighted by Gasteiger charge is 2.13. The fourth-order valence-electron chi connectivity index (χ4n) is 1.38. The Kier molecular flexibility index (Phi) is 6.66. The highest BCUT2D eigenvalue weighted by Crippen LogP contribution is 2.14. The summed E-state index contributed by atoms with van der Waals surface area (Å²) in [5, 5.41) is 5.61. The zero-order valence-electron chi connectivity index (χ0n) is 11.3. The van der Waals surface area contributed by atoms with Gasteiger partial charge in [0.25, 0.3) is 0 Å². The Hall–Kier alpha value is -1.95. The molecule has 0 aliphatic rings. The van der Waals surface area contributed by atoms with E-state index in [1.807, 2.05) is 6.92 Å². The van der Waals surface area contributed by atoms with Crippen LogP contribution >= 0.6 is 11.6 Å². The van der Waals surface area contributed by atoms with Crippen LogP contribution in [0.1, 0.15) is 13.3 Å². The summed E-state index contributed by atoms with van der Waals surface area (Å²) < 4.78 is 9.50. The van der Waals surface area contributed by atoms with Crippen LogP contribution in [-0.4, -0.2) is 31.9 Å². The molecule has 0 heterocycles. The maximum atomic E-state index is 11.6. The number of amides is 2. The van der Waals surface area contributed by atoms with Gasteiger partial charge >= 0.3 is 12.2 Å². The van der Waals surface area contributed by atoms with Gasteiger partial charge in [-0.05, 0) is 24.6 Å². The molecule has 7 heteroatoms. The largest absolute Gasteiger partial charge is 0.453 e. The first-order valence-corrected chi connectivity index (χ1v) is 6.46. The molecule has 0 aliphatic carbocycles. The monoisotopic (exact) mass is 300 g/mol. The molecule has 0 bridgehead atoms. The third kappa shape index (κ3) is 5.79.